The van der Waals surface area contributed by atoms with Crippen LogP contribution >= 0.6 is 0 Å². The average molecular weight is 858 g/mol. The fraction of sp³-hybridized carbons (Fsp3) is 0.0909. The Morgan fingerprint density at radius 2 is 0.537 bits per heavy atom. The van der Waals surface area contributed by atoms with Crippen molar-refractivity contribution < 1.29 is 0 Å². The molecule has 0 unspecified atom stereocenters. The van der Waals surface area contributed by atoms with Crippen molar-refractivity contribution in [3.05, 3.63) is 234 Å². The molecule has 12 rings (SSSR count). The van der Waals surface area contributed by atoms with Gasteiger partial charge in [-0.05, 0) is 234 Å². The lowest BCUT2D eigenvalue weighted by Gasteiger charge is -2.32. The smallest absolute Gasteiger partial charge is 0.0494 e. The van der Waals surface area contributed by atoms with E-state index in [2.05, 4.69) is 247 Å². The summed E-state index contributed by atoms with van der Waals surface area (Å²) in [5.41, 5.74) is 18.6. The van der Waals surface area contributed by atoms with Crippen molar-refractivity contribution in [2.75, 3.05) is 4.90 Å². The van der Waals surface area contributed by atoms with E-state index < -0.39 is 0 Å². The number of anilines is 3. The molecule has 1 nitrogen and oxygen atoms in total. The van der Waals surface area contributed by atoms with Crippen molar-refractivity contribution in [1.82, 2.24) is 0 Å². The summed E-state index contributed by atoms with van der Waals surface area (Å²) in [4.78, 5) is 2.56. The van der Waals surface area contributed by atoms with Gasteiger partial charge in [-0.1, -0.05) is 140 Å². The highest BCUT2D eigenvalue weighted by Crippen LogP contribution is 2.48. The van der Waals surface area contributed by atoms with Crippen molar-refractivity contribution >= 4 is 81.7 Å². The zero-order chi connectivity index (χ0) is 45.5. The van der Waals surface area contributed by atoms with Crippen molar-refractivity contribution in [1.29, 1.82) is 0 Å². The lowest BCUT2D eigenvalue weighted by Crippen LogP contribution is -2.15. The van der Waals surface area contributed by atoms with Gasteiger partial charge in [0, 0.05) is 17.1 Å². The molecule has 0 N–H and O–H groups in total. The molecule has 0 aliphatic heterocycles. The van der Waals surface area contributed by atoms with Crippen LogP contribution in [-0.4, -0.2) is 0 Å². The first kappa shape index (κ1) is 40.5. The second kappa shape index (κ2) is 15.9. The number of benzene rings is 12. The predicted octanol–water partition coefficient (Wildman–Crippen LogP) is 18.9. The van der Waals surface area contributed by atoms with Crippen molar-refractivity contribution in [2.45, 2.75) is 41.5 Å². The van der Waals surface area contributed by atoms with E-state index in [1.165, 1.54) is 148 Å². The predicted molar refractivity (Wildman–Crippen MR) is 291 cm³/mol. The second-order valence-corrected chi connectivity index (χ2v) is 18.8. The van der Waals surface area contributed by atoms with Crippen molar-refractivity contribution in [2.24, 2.45) is 0 Å². The summed E-state index contributed by atoms with van der Waals surface area (Å²) in [6, 6.07) is 74.8. The van der Waals surface area contributed by atoms with Gasteiger partial charge in [0.1, 0.15) is 0 Å². The van der Waals surface area contributed by atoms with E-state index in [1.54, 1.807) is 0 Å². The summed E-state index contributed by atoms with van der Waals surface area (Å²) in [6.07, 6.45) is 0. The minimum absolute atomic E-state index is 1.18. The zero-order valence-electron chi connectivity index (χ0n) is 39.0. The maximum atomic E-state index is 2.56. The molecule has 0 saturated carbocycles. The highest BCUT2D eigenvalue weighted by molar-refractivity contribution is 6.15. The van der Waals surface area contributed by atoms with Crippen molar-refractivity contribution in [3.63, 3.8) is 0 Å². The molecular formula is C66H51N. The van der Waals surface area contributed by atoms with E-state index in [4.69, 9.17) is 0 Å². The van der Waals surface area contributed by atoms with Crippen LogP contribution in [0.25, 0.3) is 98.0 Å². The summed E-state index contributed by atoms with van der Waals surface area (Å²) in [5, 5.41) is 15.2. The molecule has 0 aliphatic rings. The molecule has 0 aromatic heterocycles. The quantitative estimate of drug-likeness (QED) is 0.151. The van der Waals surface area contributed by atoms with Gasteiger partial charge in [-0.2, -0.15) is 0 Å². The normalized spacial score (nSPS) is 11.7. The lowest BCUT2D eigenvalue weighted by molar-refractivity contribution is 1.19. The zero-order valence-corrected chi connectivity index (χ0v) is 39.0. The van der Waals surface area contributed by atoms with E-state index in [0.717, 1.165) is 0 Å². The van der Waals surface area contributed by atoms with Crippen LogP contribution < -0.4 is 4.90 Å². The first-order valence-electron chi connectivity index (χ1n) is 23.6. The molecule has 67 heavy (non-hydrogen) atoms. The van der Waals surface area contributed by atoms with Gasteiger partial charge in [0.15, 0.2) is 0 Å². The van der Waals surface area contributed by atoms with Crippen LogP contribution in [0.5, 0.6) is 0 Å². The lowest BCUT2D eigenvalue weighted by atomic mass is 9.87. The van der Waals surface area contributed by atoms with Gasteiger partial charge in [0.2, 0.25) is 0 Å². The minimum atomic E-state index is 1.18. The SMILES string of the molecule is Cc1cc(N(c2cc(C)c(-c3c4ccccc4cc4ccccc34)cc2C)c2cc(C)c(-c3c4ccccc4cc4ccccc34)cc2C)c(C)cc1-c1cccc2cc3ccccc3cc12. The Kier molecular flexibility index (Phi) is 9.59. The molecule has 320 valence electrons. The van der Waals surface area contributed by atoms with Crippen LogP contribution in [0.15, 0.2) is 200 Å². The fourth-order valence-corrected chi connectivity index (χ4v) is 11.2. The topological polar surface area (TPSA) is 3.24 Å². The number of rotatable bonds is 6. The van der Waals surface area contributed by atoms with Crippen LogP contribution in [0.4, 0.5) is 17.1 Å². The van der Waals surface area contributed by atoms with Crippen LogP contribution in [-0.2, 0) is 0 Å². The van der Waals surface area contributed by atoms with Gasteiger partial charge in [0.25, 0.3) is 0 Å². The van der Waals surface area contributed by atoms with Gasteiger partial charge in [-0.15, -0.1) is 0 Å². The monoisotopic (exact) mass is 857 g/mol. The molecule has 0 fully saturated rings. The maximum Gasteiger partial charge on any atom is 0.0494 e. The van der Waals surface area contributed by atoms with Gasteiger partial charge < -0.3 is 4.90 Å². The summed E-state index contributed by atoms with van der Waals surface area (Å²) in [5.74, 6) is 0. The molecule has 0 saturated heterocycles. The van der Waals surface area contributed by atoms with Crippen molar-refractivity contribution in [3.8, 4) is 33.4 Å². The van der Waals surface area contributed by atoms with Gasteiger partial charge >= 0.3 is 0 Å². The summed E-state index contributed by atoms with van der Waals surface area (Å²) in [7, 11) is 0. The molecule has 0 heterocycles. The van der Waals surface area contributed by atoms with Gasteiger partial charge in [-0.25, -0.2) is 0 Å². The van der Waals surface area contributed by atoms with E-state index in [0.29, 0.717) is 0 Å². The van der Waals surface area contributed by atoms with Gasteiger partial charge in [-0.3, -0.25) is 0 Å². The van der Waals surface area contributed by atoms with E-state index in [-0.39, 0.29) is 0 Å². The largest absolute Gasteiger partial charge is 0.310 e. The molecule has 1 heteroatoms. The molecule has 0 radical (unpaired) electrons. The fourth-order valence-electron chi connectivity index (χ4n) is 11.2. The third-order valence-corrected chi connectivity index (χ3v) is 14.5. The molecule has 0 bridgehead atoms. The molecule has 0 spiro atoms. The molecular weight excluding hydrogens is 807 g/mol. The summed E-state index contributed by atoms with van der Waals surface area (Å²) < 4.78 is 0. The third-order valence-electron chi connectivity index (χ3n) is 14.5. The summed E-state index contributed by atoms with van der Waals surface area (Å²) >= 11 is 0. The number of nitrogens with zero attached hydrogens (tertiary/aromatic N) is 1. The van der Waals surface area contributed by atoms with Gasteiger partial charge in [0.05, 0.1) is 0 Å². The molecule has 12 aromatic rings. The minimum Gasteiger partial charge on any atom is -0.310 e. The Balaban J connectivity index is 1.08. The van der Waals surface area contributed by atoms with E-state index in [1.807, 2.05) is 0 Å². The molecule has 0 aliphatic carbocycles. The number of hydrogen-bond donors (Lipinski definition) is 0. The highest BCUT2D eigenvalue weighted by atomic mass is 15.1. The summed E-state index contributed by atoms with van der Waals surface area (Å²) in [6.45, 7) is 13.8. The van der Waals surface area contributed by atoms with Crippen LogP contribution in [0, 0.1) is 41.5 Å². The van der Waals surface area contributed by atoms with Crippen LogP contribution in [0.1, 0.15) is 33.4 Å². The first-order chi connectivity index (χ1) is 32.7. The number of fused-ring (bicyclic) bond motifs is 6. The Morgan fingerprint density at radius 1 is 0.224 bits per heavy atom. The molecule has 0 atom stereocenters. The third kappa shape index (κ3) is 6.68. The first-order valence-corrected chi connectivity index (χ1v) is 23.6. The highest BCUT2D eigenvalue weighted by Gasteiger charge is 2.25. The Bertz CT molecular complexity index is 3720. The Hall–Kier alpha value is -8.00. The standard InChI is InChI=1S/C66H51N/c1-40-33-62(43(4)30-58(40)57-29-17-24-52-36-46-18-7-8-19-47(46)39-61(52)57)67(63-34-41(2)59(31-44(63)5)65-53-25-13-9-20-48(53)37-49-21-10-14-26-54(49)65)64-35-42(3)60(32-45(64)6)66-55-27-15-11-22-50(55)38-51-23-12-16-28-56(51)66/h7-39H,1-6H3. The average Bonchev–Trinajstić information content (AvgIpc) is 3.34. The molecule has 12 aromatic carbocycles. The second-order valence-electron chi connectivity index (χ2n) is 18.8. The Labute approximate surface area is 393 Å². The number of hydrogen-bond acceptors (Lipinski definition) is 1. The van der Waals surface area contributed by atoms with E-state index in [9.17, 15) is 0 Å². The Morgan fingerprint density at radius 3 is 0.970 bits per heavy atom. The van der Waals surface area contributed by atoms with E-state index >= 15 is 0 Å². The molecule has 0 amide bonds. The number of aryl methyl sites for hydroxylation is 6. The van der Waals surface area contributed by atoms with Crippen LogP contribution in [0.2, 0.25) is 0 Å². The van der Waals surface area contributed by atoms with Crippen LogP contribution in [0.3, 0.4) is 0 Å². The maximum absolute atomic E-state index is 2.56.